The van der Waals surface area contributed by atoms with Crippen LogP contribution in [-0.2, 0) is 6.61 Å². The van der Waals surface area contributed by atoms with Crippen molar-refractivity contribution in [1.29, 1.82) is 0 Å². The Hall–Kier alpha value is -3.60. The van der Waals surface area contributed by atoms with Crippen LogP contribution in [0.25, 0.3) is 21.7 Å². The molecule has 0 unspecified atom stereocenters. The van der Waals surface area contributed by atoms with Crippen LogP contribution in [0, 0.1) is 0 Å². The van der Waals surface area contributed by atoms with E-state index in [4.69, 9.17) is 13.9 Å². The number of rotatable bonds is 5. The molecule has 3 aromatic carbocycles. The van der Waals surface area contributed by atoms with Crippen LogP contribution in [0.4, 0.5) is 0 Å². The van der Waals surface area contributed by atoms with E-state index in [9.17, 15) is 9.59 Å². The minimum Gasteiger partial charge on any atom is -0.493 e. The number of methoxy groups -OCH3 is 1. The first-order chi connectivity index (χ1) is 13.6. The minimum absolute atomic E-state index is 0.108. The molecule has 140 valence electrons. The van der Waals surface area contributed by atoms with Crippen LogP contribution >= 0.6 is 0 Å². The summed E-state index contributed by atoms with van der Waals surface area (Å²) in [6.07, 6.45) is 0. The molecule has 0 radical (unpaired) electrons. The zero-order chi connectivity index (χ0) is 19.7. The summed E-state index contributed by atoms with van der Waals surface area (Å²) in [5, 5.41) is 1.78. The third-order valence-corrected chi connectivity index (χ3v) is 4.64. The van der Waals surface area contributed by atoms with E-state index in [2.05, 4.69) is 0 Å². The van der Waals surface area contributed by atoms with E-state index < -0.39 is 5.63 Å². The Bertz CT molecular complexity index is 1240. The van der Waals surface area contributed by atoms with E-state index in [1.165, 1.54) is 6.92 Å². The van der Waals surface area contributed by atoms with Gasteiger partial charge in [-0.2, -0.15) is 0 Å². The molecule has 5 heteroatoms. The second-order valence-corrected chi connectivity index (χ2v) is 6.48. The summed E-state index contributed by atoms with van der Waals surface area (Å²) >= 11 is 0. The topological polar surface area (TPSA) is 65.7 Å². The van der Waals surface area contributed by atoms with Gasteiger partial charge in [0.2, 0.25) is 0 Å². The zero-order valence-electron chi connectivity index (χ0n) is 15.5. The van der Waals surface area contributed by atoms with Crippen LogP contribution in [0.3, 0.4) is 0 Å². The van der Waals surface area contributed by atoms with Crippen molar-refractivity contribution in [3.63, 3.8) is 0 Å². The monoisotopic (exact) mass is 374 g/mol. The fourth-order valence-corrected chi connectivity index (χ4v) is 3.17. The normalized spacial score (nSPS) is 10.9. The smallest absolute Gasteiger partial charge is 0.344 e. The molecule has 4 rings (SSSR count). The highest BCUT2D eigenvalue weighted by Crippen LogP contribution is 2.35. The maximum absolute atomic E-state index is 12.5. The van der Waals surface area contributed by atoms with Crippen molar-refractivity contribution in [2.24, 2.45) is 0 Å². The lowest BCUT2D eigenvalue weighted by atomic mass is 10.0. The quantitative estimate of drug-likeness (QED) is 0.287. The van der Waals surface area contributed by atoms with Gasteiger partial charge in [-0.25, -0.2) is 4.79 Å². The number of hydrogen-bond acceptors (Lipinski definition) is 5. The van der Waals surface area contributed by atoms with Gasteiger partial charge in [-0.15, -0.1) is 0 Å². The Morgan fingerprint density at radius 2 is 1.71 bits per heavy atom. The summed E-state index contributed by atoms with van der Waals surface area (Å²) in [6.45, 7) is 1.83. The first kappa shape index (κ1) is 17.8. The Morgan fingerprint density at radius 1 is 0.929 bits per heavy atom. The lowest BCUT2D eigenvalue weighted by Gasteiger charge is -2.13. The van der Waals surface area contributed by atoms with Crippen LogP contribution in [-0.4, -0.2) is 12.9 Å². The number of ketones is 1. The van der Waals surface area contributed by atoms with Crippen LogP contribution in [0.1, 0.15) is 22.8 Å². The highest BCUT2D eigenvalue weighted by atomic mass is 16.5. The summed E-state index contributed by atoms with van der Waals surface area (Å²) in [5.74, 6) is 0.916. The molecule has 0 saturated carbocycles. The second-order valence-electron chi connectivity index (χ2n) is 6.48. The molecule has 5 nitrogen and oxygen atoms in total. The van der Waals surface area contributed by atoms with Gasteiger partial charge in [0.1, 0.15) is 12.2 Å². The maximum atomic E-state index is 12.5. The zero-order valence-corrected chi connectivity index (χ0v) is 15.5. The number of carbonyl (C=O) groups excluding carboxylic acids is 1. The summed E-state index contributed by atoms with van der Waals surface area (Å²) in [5.41, 5.74) is 1.39. The second kappa shape index (κ2) is 7.19. The molecule has 1 heterocycles. The predicted molar refractivity (Wildman–Crippen MR) is 107 cm³/mol. The Balaban J connectivity index is 1.83. The molecule has 0 bridgehead atoms. The van der Waals surface area contributed by atoms with Crippen molar-refractivity contribution in [1.82, 2.24) is 0 Å². The molecule has 0 aliphatic heterocycles. The van der Waals surface area contributed by atoms with E-state index in [1.54, 1.807) is 37.4 Å². The van der Waals surface area contributed by atoms with Gasteiger partial charge in [0, 0.05) is 22.4 Å². The molecule has 0 amide bonds. The first-order valence-electron chi connectivity index (χ1n) is 8.83. The number of Topliss-reactive ketones (excluding diaryl/α,β-unsaturated/α-hetero) is 1. The highest BCUT2D eigenvalue weighted by Gasteiger charge is 2.14. The Morgan fingerprint density at radius 3 is 2.43 bits per heavy atom. The van der Waals surface area contributed by atoms with Crippen molar-refractivity contribution in [2.45, 2.75) is 13.5 Å². The highest BCUT2D eigenvalue weighted by molar-refractivity contribution is 6.07. The standard InChI is InChI=1S/C23H18O5/c1-14(24)16-8-9-17-18-11-21(26-2)22(27-13-15-6-4-3-5-7-15)12-20(18)28-23(25)19(17)10-16/h3-12H,13H2,1-2H3. The molecule has 0 N–H and O–H groups in total. The Kier molecular flexibility index (Phi) is 4.57. The summed E-state index contributed by atoms with van der Waals surface area (Å²) in [7, 11) is 1.56. The minimum atomic E-state index is -0.496. The van der Waals surface area contributed by atoms with E-state index in [1.807, 2.05) is 30.3 Å². The molecule has 0 saturated heterocycles. The van der Waals surface area contributed by atoms with Crippen molar-refractivity contribution < 1.29 is 18.7 Å². The molecule has 28 heavy (non-hydrogen) atoms. The molecule has 0 aliphatic rings. The first-order valence-corrected chi connectivity index (χ1v) is 8.83. The van der Waals surface area contributed by atoms with Gasteiger partial charge >= 0.3 is 5.63 Å². The molecule has 4 aromatic rings. The lowest BCUT2D eigenvalue weighted by Crippen LogP contribution is -2.03. The van der Waals surface area contributed by atoms with E-state index >= 15 is 0 Å². The fraction of sp³-hybridized carbons (Fsp3) is 0.130. The number of carbonyl (C=O) groups is 1. The van der Waals surface area contributed by atoms with Crippen LogP contribution < -0.4 is 15.1 Å². The maximum Gasteiger partial charge on any atom is 0.344 e. The average molecular weight is 374 g/mol. The number of benzene rings is 3. The Labute approximate surface area is 161 Å². The average Bonchev–Trinajstić information content (AvgIpc) is 2.72. The van der Waals surface area contributed by atoms with Gasteiger partial charge < -0.3 is 13.9 Å². The number of fused-ring (bicyclic) bond motifs is 3. The van der Waals surface area contributed by atoms with Crippen molar-refractivity contribution in [2.75, 3.05) is 7.11 Å². The largest absolute Gasteiger partial charge is 0.493 e. The van der Waals surface area contributed by atoms with Gasteiger partial charge in [0.25, 0.3) is 0 Å². The van der Waals surface area contributed by atoms with E-state index in [0.29, 0.717) is 45.4 Å². The number of hydrogen-bond donors (Lipinski definition) is 0. The predicted octanol–water partition coefficient (Wildman–Crippen LogP) is 4.74. The van der Waals surface area contributed by atoms with Crippen molar-refractivity contribution >= 4 is 27.5 Å². The summed E-state index contributed by atoms with van der Waals surface area (Å²) in [6, 6.07) is 18.2. The van der Waals surface area contributed by atoms with Crippen LogP contribution in [0.5, 0.6) is 11.5 Å². The van der Waals surface area contributed by atoms with Gasteiger partial charge in [-0.05, 0) is 24.6 Å². The molecule has 0 fully saturated rings. The summed E-state index contributed by atoms with van der Waals surface area (Å²) in [4.78, 5) is 24.1. The van der Waals surface area contributed by atoms with Gasteiger partial charge in [-0.1, -0.05) is 42.5 Å². The number of ether oxygens (including phenoxy) is 2. The van der Waals surface area contributed by atoms with Crippen molar-refractivity contribution in [3.8, 4) is 11.5 Å². The molecule has 0 spiro atoms. The third kappa shape index (κ3) is 3.22. The van der Waals surface area contributed by atoms with Crippen LogP contribution in [0.2, 0.25) is 0 Å². The third-order valence-electron chi connectivity index (χ3n) is 4.64. The van der Waals surface area contributed by atoms with Gasteiger partial charge in [-0.3, -0.25) is 4.79 Å². The molecule has 0 aliphatic carbocycles. The lowest BCUT2D eigenvalue weighted by molar-refractivity contribution is 0.101. The van der Waals surface area contributed by atoms with Crippen molar-refractivity contribution in [3.05, 3.63) is 82.2 Å². The van der Waals surface area contributed by atoms with Gasteiger partial charge in [0.05, 0.1) is 12.5 Å². The molecular formula is C23H18O5. The van der Waals surface area contributed by atoms with E-state index in [0.717, 1.165) is 5.56 Å². The fourth-order valence-electron chi connectivity index (χ4n) is 3.17. The van der Waals surface area contributed by atoms with Gasteiger partial charge in [0.15, 0.2) is 17.3 Å². The molecule has 0 atom stereocenters. The van der Waals surface area contributed by atoms with Crippen LogP contribution in [0.15, 0.2) is 69.9 Å². The SMILES string of the molecule is COc1cc2c(cc1OCc1ccccc1)oc(=O)c1cc(C(C)=O)ccc12. The summed E-state index contributed by atoms with van der Waals surface area (Å²) < 4.78 is 16.9. The molecular weight excluding hydrogens is 356 g/mol. The molecule has 1 aromatic heterocycles. The van der Waals surface area contributed by atoms with E-state index in [-0.39, 0.29) is 5.78 Å².